The Morgan fingerprint density at radius 1 is 1.23 bits per heavy atom. The first-order valence-electron chi connectivity index (χ1n) is 10.2. The van der Waals surface area contributed by atoms with Crippen molar-refractivity contribution in [1.29, 1.82) is 0 Å². The second-order valence-corrected chi connectivity index (χ2v) is 9.07. The van der Waals surface area contributed by atoms with E-state index >= 15 is 0 Å². The van der Waals surface area contributed by atoms with Crippen LogP contribution in [0.15, 0.2) is 0 Å². The van der Waals surface area contributed by atoms with Crippen LogP contribution in [0, 0.1) is 0 Å². The summed E-state index contributed by atoms with van der Waals surface area (Å²) < 4.78 is 35.1. The van der Waals surface area contributed by atoms with Crippen LogP contribution in [0.2, 0.25) is 0 Å². The quantitative estimate of drug-likeness (QED) is 0.246. The highest BCUT2D eigenvalue weighted by Crippen LogP contribution is 2.30. The molecule has 0 aromatic rings. The highest BCUT2D eigenvalue weighted by Gasteiger charge is 2.49. The smallest absolute Gasteiger partial charge is 0.314 e. The molecular formula is C16H28N6O7S. The monoisotopic (exact) mass is 448 g/mol. The molecule has 4 heterocycles. The molecule has 0 spiro atoms. The highest BCUT2D eigenvalue weighted by atomic mass is 32.3. The van der Waals surface area contributed by atoms with Crippen LogP contribution in [-0.2, 0) is 24.3 Å². The van der Waals surface area contributed by atoms with Gasteiger partial charge in [-0.3, -0.25) is 19.1 Å². The predicted molar refractivity (Wildman–Crippen MR) is 102 cm³/mol. The van der Waals surface area contributed by atoms with E-state index in [1.807, 2.05) is 0 Å². The normalized spacial score (nSPS) is 32.6. The molecule has 3 amide bonds. The molecule has 4 atom stereocenters. The van der Waals surface area contributed by atoms with Gasteiger partial charge in [0.1, 0.15) is 6.04 Å². The molecule has 2 bridgehead atoms. The van der Waals surface area contributed by atoms with Crippen molar-refractivity contribution < 1.29 is 31.7 Å². The summed E-state index contributed by atoms with van der Waals surface area (Å²) in [5.41, 5.74) is 2.42. The van der Waals surface area contributed by atoms with Crippen LogP contribution in [0.5, 0.6) is 0 Å². The van der Waals surface area contributed by atoms with Gasteiger partial charge in [-0.1, -0.05) is 0 Å². The average molecular weight is 449 g/mol. The van der Waals surface area contributed by atoms with Crippen molar-refractivity contribution in [2.75, 3.05) is 45.9 Å². The molecule has 4 rings (SSSR count). The maximum absolute atomic E-state index is 12.5. The van der Waals surface area contributed by atoms with Gasteiger partial charge in [0.25, 0.3) is 5.91 Å². The molecule has 4 saturated heterocycles. The number of fused-ring (bicyclic) bond motifs is 2. The molecule has 0 saturated carbocycles. The summed E-state index contributed by atoms with van der Waals surface area (Å²) >= 11 is 0. The molecule has 4 aliphatic heterocycles. The zero-order valence-corrected chi connectivity index (χ0v) is 17.3. The van der Waals surface area contributed by atoms with Crippen LogP contribution in [-0.4, -0.2) is 110 Å². The molecule has 30 heavy (non-hydrogen) atoms. The SMILES string of the molecule is O=C(NOC[C@H]1C[C@@H](N2CCNCC2)CN1)[C@@H]1CC[C@@H]2CN1C(=O)N2OS(=O)(=O)O. The van der Waals surface area contributed by atoms with Crippen LogP contribution in [0.25, 0.3) is 0 Å². The second-order valence-electron chi connectivity index (χ2n) is 8.07. The Balaban J connectivity index is 1.22. The minimum Gasteiger partial charge on any atom is -0.314 e. The first kappa shape index (κ1) is 21.7. The summed E-state index contributed by atoms with van der Waals surface area (Å²) in [5.74, 6) is -0.466. The van der Waals surface area contributed by atoms with E-state index in [4.69, 9.17) is 9.39 Å². The van der Waals surface area contributed by atoms with E-state index in [0.717, 1.165) is 39.1 Å². The lowest BCUT2D eigenvalue weighted by Crippen LogP contribution is -2.50. The third-order valence-electron chi connectivity index (χ3n) is 6.12. The molecular weight excluding hydrogens is 420 g/mol. The van der Waals surface area contributed by atoms with E-state index in [1.165, 1.54) is 4.90 Å². The van der Waals surface area contributed by atoms with Crippen LogP contribution >= 0.6 is 0 Å². The van der Waals surface area contributed by atoms with Crippen molar-refractivity contribution >= 4 is 22.3 Å². The van der Waals surface area contributed by atoms with E-state index in [2.05, 4.69) is 25.3 Å². The molecule has 13 nitrogen and oxygen atoms in total. The number of carbonyl (C=O) groups is 2. The number of amides is 3. The molecule has 4 aliphatic rings. The number of rotatable bonds is 7. The number of piperazine rings is 1. The zero-order chi connectivity index (χ0) is 21.3. The van der Waals surface area contributed by atoms with E-state index in [0.29, 0.717) is 30.6 Å². The Kier molecular flexibility index (Phi) is 6.43. The zero-order valence-electron chi connectivity index (χ0n) is 16.5. The number of hydrogen-bond acceptors (Lipinski definition) is 9. The van der Waals surface area contributed by atoms with E-state index in [-0.39, 0.29) is 12.6 Å². The van der Waals surface area contributed by atoms with Crippen molar-refractivity contribution in [3.8, 4) is 0 Å². The Bertz CT molecular complexity index is 761. The number of hydrogen-bond donors (Lipinski definition) is 4. The molecule has 4 fully saturated rings. The minimum atomic E-state index is -4.81. The summed E-state index contributed by atoms with van der Waals surface area (Å²) in [6, 6.07) is -1.50. The van der Waals surface area contributed by atoms with E-state index in [9.17, 15) is 18.0 Å². The van der Waals surface area contributed by atoms with Crippen LogP contribution in [0.1, 0.15) is 19.3 Å². The summed E-state index contributed by atoms with van der Waals surface area (Å²) in [5, 5.41) is 7.37. The molecule has 0 aromatic heterocycles. The van der Waals surface area contributed by atoms with Crippen molar-refractivity contribution in [2.45, 2.75) is 43.4 Å². The highest BCUT2D eigenvalue weighted by molar-refractivity contribution is 7.80. The van der Waals surface area contributed by atoms with Crippen LogP contribution in [0.4, 0.5) is 4.79 Å². The second kappa shape index (κ2) is 8.90. The van der Waals surface area contributed by atoms with Gasteiger partial charge >= 0.3 is 16.4 Å². The lowest BCUT2D eigenvalue weighted by Gasteiger charge is -2.32. The summed E-state index contributed by atoms with van der Waals surface area (Å²) in [7, 11) is -4.81. The fraction of sp³-hybridized carbons (Fsp3) is 0.875. The Morgan fingerprint density at radius 2 is 2.00 bits per heavy atom. The first-order chi connectivity index (χ1) is 14.3. The minimum absolute atomic E-state index is 0.132. The lowest BCUT2D eigenvalue weighted by atomic mass is 10.0. The van der Waals surface area contributed by atoms with Crippen molar-refractivity contribution in [3.63, 3.8) is 0 Å². The fourth-order valence-corrected chi connectivity index (χ4v) is 5.02. The van der Waals surface area contributed by atoms with Gasteiger partial charge in [0.05, 0.1) is 12.6 Å². The molecule has 170 valence electrons. The molecule has 0 aliphatic carbocycles. The number of urea groups is 1. The summed E-state index contributed by atoms with van der Waals surface area (Å²) in [6.07, 6.45) is 1.64. The maximum Gasteiger partial charge on any atom is 0.418 e. The van der Waals surface area contributed by atoms with Crippen molar-refractivity contribution in [1.82, 2.24) is 31.0 Å². The van der Waals surface area contributed by atoms with Gasteiger partial charge in [0.2, 0.25) is 0 Å². The van der Waals surface area contributed by atoms with Gasteiger partial charge in [-0.05, 0) is 19.3 Å². The fourth-order valence-electron chi connectivity index (χ4n) is 4.64. The molecule has 14 heteroatoms. The topological polar surface area (TPSA) is 153 Å². The third kappa shape index (κ3) is 4.85. The van der Waals surface area contributed by atoms with Gasteiger partial charge in [0.15, 0.2) is 0 Å². The van der Waals surface area contributed by atoms with Gasteiger partial charge in [-0.2, -0.15) is 13.5 Å². The Morgan fingerprint density at radius 3 is 2.73 bits per heavy atom. The first-order valence-corrected chi connectivity index (χ1v) is 11.5. The van der Waals surface area contributed by atoms with E-state index < -0.39 is 34.4 Å². The number of nitrogens with zero attached hydrogens (tertiary/aromatic N) is 3. The number of nitrogens with one attached hydrogen (secondary N) is 3. The van der Waals surface area contributed by atoms with Gasteiger partial charge in [0, 0.05) is 51.4 Å². The molecule has 4 N–H and O–H groups in total. The number of piperidine rings is 1. The maximum atomic E-state index is 12.5. The van der Waals surface area contributed by atoms with Crippen molar-refractivity contribution in [2.24, 2.45) is 0 Å². The Labute approximate surface area is 174 Å². The molecule has 0 aromatic carbocycles. The van der Waals surface area contributed by atoms with Gasteiger partial charge in [-0.25, -0.2) is 10.3 Å². The summed E-state index contributed by atoms with van der Waals surface area (Å²) in [4.78, 5) is 34.0. The number of carbonyl (C=O) groups excluding carboxylic acids is 2. The Hall–Kier alpha value is -1.55. The third-order valence-corrected chi connectivity index (χ3v) is 6.47. The lowest BCUT2D eigenvalue weighted by molar-refractivity contribution is -0.139. The summed E-state index contributed by atoms with van der Waals surface area (Å²) in [6.45, 7) is 5.40. The van der Waals surface area contributed by atoms with Crippen LogP contribution < -0.4 is 16.1 Å². The average Bonchev–Trinajstić information content (AvgIpc) is 3.27. The van der Waals surface area contributed by atoms with E-state index in [1.54, 1.807) is 0 Å². The largest absolute Gasteiger partial charge is 0.418 e. The molecule has 0 radical (unpaired) electrons. The van der Waals surface area contributed by atoms with Crippen molar-refractivity contribution in [3.05, 3.63) is 0 Å². The van der Waals surface area contributed by atoms with Gasteiger partial charge < -0.3 is 15.5 Å². The predicted octanol–water partition coefficient (Wildman–Crippen LogP) is -2.33. The molecule has 0 unspecified atom stereocenters. The van der Waals surface area contributed by atoms with Gasteiger partial charge in [-0.15, -0.1) is 4.28 Å². The van der Waals surface area contributed by atoms with Crippen LogP contribution in [0.3, 0.4) is 0 Å². The number of hydroxylamine groups is 3. The standard InChI is InChI=1S/C16H28N6O7S/c23-15(14-2-1-12-9-21(14)16(24)22(12)29-30(25,26)27)19-28-10-11-7-13(8-18-11)20-5-3-17-4-6-20/h11-14,17-18H,1-10H2,(H,19,23)(H,25,26,27)/t11-,12-,13-,14+/m1/s1.